The molecule has 0 spiro atoms. The Bertz CT molecular complexity index is 444. The minimum absolute atomic E-state index is 0.338. The van der Waals surface area contributed by atoms with E-state index in [9.17, 15) is 4.39 Å². The van der Waals surface area contributed by atoms with E-state index in [0.717, 1.165) is 12.2 Å². The number of nitriles is 1. The Morgan fingerprint density at radius 1 is 1.33 bits per heavy atom. The van der Waals surface area contributed by atoms with Crippen molar-refractivity contribution >= 4 is 5.69 Å². The Balaban J connectivity index is 2.29. The molecule has 1 aromatic rings. The van der Waals surface area contributed by atoms with E-state index in [1.54, 1.807) is 6.07 Å². The molecule has 1 aliphatic rings. The second kappa shape index (κ2) is 5.86. The molecule has 0 aliphatic heterocycles. The largest absolute Gasteiger partial charge is 0.368 e. The fraction of sp³-hybridized carbons (Fsp3) is 0.533. The van der Waals surface area contributed by atoms with E-state index in [2.05, 4.69) is 17.9 Å². The number of benzene rings is 1. The van der Waals surface area contributed by atoms with E-state index < -0.39 is 0 Å². The number of nitrogens with zero attached hydrogens (tertiary/aromatic N) is 2. The van der Waals surface area contributed by atoms with E-state index >= 15 is 0 Å². The van der Waals surface area contributed by atoms with Crippen molar-refractivity contribution in [1.29, 1.82) is 5.26 Å². The number of hydrogen-bond acceptors (Lipinski definition) is 2. The van der Waals surface area contributed by atoms with E-state index in [-0.39, 0.29) is 5.82 Å². The molecule has 0 atom stereocenters. The first-order chi connectivity index (χ1) is 8.76. The molecule has 0 aromatic heterocycles. The van der Waals surface area contributed by atoms with Gasteiger partial charge >= 0.3 is 0 Å². The van der Waals surface area contributed by atoms with E-state index in [4.69, 9.17) is 5.26 Å². The van der Waals surface area contributed by atoms with Crippen LogP contribution in [0.5, 0.6) is 0 Å². The van der Waals surface area contributed by atoms with Crippen LogP contribution in [0.4, 0.5) is 10.1 Å². The van der Waals surface area contributed by atoms with E-state index in [0.29, 0.717) is 11.6 Å². The topological polar surface area (TPSA) is 27.0 Å². The smallest absolute Gasteiger partial charge is 0.124 e. The standard InChI is InChI=1S/C15H19FN2/c1-2-18(14-6-4-3-5-7-14)15-9-8-13(16)10-12(15)11-17/h8-10,14H,2-7H2,1H3. The summed E-state index contributed by atoms with van der Waals surface area (Å²) in [5.74, 6) is -0.338. The number of halogens is 1. The normalized spacial score (nSPS) is 16.3. The molecule has 1 fully saturated rings. The third-order valence-electron chi connectivity index (χ3n) is 3.74. The Morgan fingerprint density at radius 2 is 2.06 bits per heavy atom. The van der Waals surface area contributed by atoms with Gasteiger partial charge in [0.15, 0.2) is 0 Å². The van der Waals surface area contributed by atoms with Crippen molar-refractivity contribution in [2.75, 3.05) is 11.4 Å². The first-order valence-electron chi connectivity index (χ1n) is 6.72. The fourth-order valence-corrected chi connectivity index (χ4v) is 2.87. The number of rotatable bonds is 3. The molecule has 3 heteroatoms. The third-order valence-corrected chi connectivity index (χ3v) is 3.74. The summed E-state index contributed by atoms with van der Waals surface area (Å²) in [5, 5.41) is 9.14. The van der Waals surface area contributed by atoms with Crippen LogP contribution in [0, 0.1) is 17.1 Å². The van der Waals surface area contributed by atoms with Crippen LogP contribution in [-0.4, -0.2) is 12.6 Å². The number of anilines is 1. The molecule has 0 N–H and O–H groups in total. The van der Waals surface area contributed by atoms with Gasteiger partial charge in [-0.2, -0.15) is 5.26 Å². The van der Waals surface area contributed by atoms with Crippen molar-refractivity contribution < 1.29 is 4.39 Å². The minimum Gasteiger partial charge on any atom is -0.368 e. The Morgan fingerprint density at radius 3 is 2.67 bits per heavy atom. The van der Waals surface area contributed by atoms with Crippen LogP contribution in [-0.2, 0) is 0 Å². The van der Waals surface area contributed by atoms with E-state index in [1.807, 2.05) is 0 Å². The SMILES string of the molecule is CCN(c1ccc(F)cc1C#N)C1CCCCC1. The van der Waals surface area contributed by atoms with Gasteiger partial charge in [-0.05, 0) is 38.0 Å². The highest BCUT2D eigenvalue weighted by Crippen LogP contribution is 2.29. The average Bonchev–Trinajstić information content (AvgIpc) is 2.42. The molecule has 0 saturated heterocycles. The van der Waals surface area contributed by atoms with Crippen LogP contribution in [0.15, 0.2) is 18.2 Å². The molecule has 2 rings (SSSR count). The summed E-state index contributed by atoms with van der Waals surface area (Å²) in [6.45, 7) is 2.96. The summed E-state index contributed by atoms with van der Waals surface area (Å²) < 4.78 is 13.2. The predicted molar refractivity (Wildman–Crippen MR) is 71.0 cm³/mol. The molecule has 0 heterocycles. The maximum absolute atomic E-state index is 13.2. The van der Waals surface area contributed by atoms with Crippen molar-refractivity contribution in [2.24, 2.45) is 0 Å². The molecule has 0 radical (unpaired) electrons. The first kappa shape index (κ1) is 12.9. The molecule has 18 heavy (non-hydrogen) atoms. The quantitative estimate of drug-likeness (QED) is 0.809. The van der Waals surface area contributed by atoms with Crippen LogP contribution in [0.3, 0.4) is 0 Å². The minimum atomic E-state index is -0.338. The Labute approximate surface area is 108 Å². The summed E-state index contributed by atoms with van der Waals surface area (Å²) in [6, 6.07) is 7.13. The van der Waals surface area contributed by atoms with Gasteiger partial charge in [-0.3, -0.25) is 0 Å². The van der Waals surface area contributed by atoms with Crippen LogP contribution in [0.2, 0.25) is 0 Å². The lowest BCUT2D eigenvalue weighted by molar-refractivity contribution is 0.418. The molecule has 1 saturated carbocycles. The van der Waals surface area contributed by atoms with Crippen molar-refractivity contribution in [2.45, 2.75) is 45.1 Å². The monoisotopic (exact) mass is 246 g/mol. The highest BCUT2D eigenvalue weighted by Gasteiger charge is 2.22. The summed E-state index contributed by atoms with van der Waals surface area (Å²) in [7, 11) is 0. The molecular weight excluding hydrogens is 227 g/mol. The van der Waals surface area contributed by atoms with Gasteiger partial charge in [0.25, 0.3) is 0 Å². The fourth-order valence-electron chi connectivity index (χ4n) is 2.87. The van der Waals surface area contributed by atoms with Gasteiger partial charge < -0.3 is 4.90 Å². The van der Waals surface area contributed by atoms with Crippen molar-refractivity contribution in [1.82, 2.24) is 0 Å². The van der Waals surface area contributed by atoms with Crippen molar-refractivity contribution in [3.63, 3.8) is 0 Å². The van der Waals surface area contributed by atoms with Crippen LogP contribution in [0.25, 0.3) is 0 Å². The molecule has 0 bridgehead atoms. The molecule has 0 unspecified atom stereocenters. The average molecular weight is 246 g/mol. The van der Waals surface area contributed by atoms with Crippen LogP contribution >= 0.6 is 0 Å². The highest BCUT2D eigenvalue weighted by molar-refractivity contribution is 5.60. The zero-order valence-corrected chi connectivity index (χ0v) is 10.8. The second-order valence-electron chi connectivity index (χ2n) is 4.85. The van der Waals surface area contributed by atoms with Crippen molar-refractivity contribution in [3.8, 4) is 6.07 Å². The van der Waals surface area contributed by atoms with Crippen molar-refractivity contribution in [3.05, 3.63) is 29.6 Å². The second-order valence-corrected chi connectivity index (χ2v) is 4.85. The summed E-state index contributed by atoms with van der Waals surface area (Å²) in [4.78, 5) is 2.26. The van der Waals surface area contributed by atoms with Crippen LogP contribution < -0.4 is 4.90 Å². The Hall–Kier alpha value is -1.56. The van der Waals surface area contributed by atoms with Crippen LogP contribution in [0.1, 0.15) is 44.6 Å². The maximum Gasteiger partial charge on any atom is 0.124 e. The molecule has 1 aliphatic carbocycles. The lowest BCUT2D eigenvalue weighted by atomic mass is 9.93. The lowest BCUT2D eigenvalue weighted by Crippen LogP contribution is -2.37. The zero-order chi connectivity index (χ0) is 13.0. The van der Waals surface area contributed by atoms with Gasteiger partial charge in [0.2, 0.25) is 0 Å². The van der Waals surface area contributed by atoms with E-state index in [1.165, 1.54) is 44.2 Å². The van der Waals surface area contributed by atoms with Gasteiger partial charge in [0.1, 0.15) is 11.9 Å². The van der Waals surface area contributed by atoms with Gasteiger partial charge in [-0.15, -0.1) is 0 Å². The van der Waals surface area contributed by atoms with Gasteiger partial charge in [0, 0.05) is 12.6 Å². The predicted octanol–water partition coefficient (Wildman–Crippen LogP) is 3.86. The lowest BCUT2D eigenvalue weighted by Gasteiger charge is -2.35. The summed E-state index contributed by atoms with van der Waals surface area (Å²) >= 11 is 0. The highest BCUT2D eigenvalue weighted by atomic mass is 19.1. The van der Waals surface area contributed by atoms with Gasteiger partial charge in [0.05, 0.1) is 11.3 Å². The molecule has 0 amide bonds. The summed E-state index contributed by atoms with van der Waals surface area (Å²) in [6.07, 6.45) is 6.17. The summed E-state index contributed by atoms with van der Waals surface area (Å²) in [5.41, 5.74) is 1.33. The maximum atomic E-state index is 13.2. The first-order valence-corrected chi connectivity index (χ1v) is 6.72. The van der Waals surface area contributed by atoms with Gasteiger partial charge in [-0.25, -0.2) is 4.39 Å². The molecule has 2 nitrogen and oxygen atoms in total. The Kier molecular flexibility index (Phi) is 4.19. The number of hydrogen-bond donors (Lipinski definition) is 0. The molecule has 1 aromatic carbocycles. The molecular formula is C15H19FN2. The third kappa shape index (κ3) is 2.64. The zero-order valence-electron chi connectivity index (χ0n) is 10.8. The van der Waals surface area contributed by atoms with Gasteiger partial charge in [-0.1, -0.05) is 19.3 Å². The molecule has 96 valence electrons.